The van der Waals surface area contributed by atoms with Crippen LogP contribution in [-0.2, 0) is 0 Å². The summed E-state index contributed by atoms with van der Waals surface area (Å²) in [5.74, 6) is -1.94. The molecule has 0 aliphatic carbocycles. The molecule has 2 rings (SSSR count). The lowest BCUT2D eigenvalue weighted by Gasteiger charge is -2.28. The normalized spacial score (nSPS) is 12.0. The van der Waals surface area contributed by atoms with Crippen molar-refractivity contribution in [1.29, 1.82) is 0 Å². The molecule has 0 saturated heterocycles. The first kappa shape index (κ1) is 23.8. The van der Waals surface area contributed by atoms with Crippen molar-refractivity contribution in [3.05, 3.63) is 63.6 Å². The number of halogens is 5. The average Bonchev–Trinajstić information content (AvgIpc) is 2.60. The molecule has 0 radical (unpaired) electrons. The molecule has 2 aromatic rings. The van der Waals surface area contributed by atoms with Gasteiger partial charge in [-0.1, -0.05) is 70.1 Å². The highest BCUT2D eigenvalue weighted by molar-refractivity contribution is 7.80. The summed E-state index contributed by atoms with van der Waals surface area (Å²) in [5.41, 5.74) is 0.581. The van der Waals surface area contributed by atoms with Gasteiger partial charge in [0, 0.05) is 10.7 Å². The Balaban J connectivity index is 2.09. The third kappa shape index (κ3) is 7.06. The van der Waals surface area contributed by atoms with E-state index in [1.54, 1.807) is 0 Å². The second kappa shape index (κ2) is 10.0. The number of hydrogen-bond acceptors (Lipinski definition) is 4. The lowest BCUT2D eigenvalue weighted by Crippen LogP contribution is -2.56. The largest absolute Gasteiger partial charge is 0.545 e. The molecule has 0 aromatic heterocycles. The minimum Gasteiger partial charge on any atom is -0.545 e. The second-order valence-corrected chi connectivity index (χ2v) is 9.16. The molecule has 154 valence electrons. The molecule has 0 heterocycles. The van der Waals surface area contributed by atoms with Crippen LogP contribution in [0.15, 0.2) is 42.5 Å². The van der Waals surface area contributed by atoms with Gasteiger partial charge in [0.1, 0.15) is 6.17 Å². The van der Waals surface area contributed by atoms with Crippen molar-refractivity contribution < 1.29 is 14.7 Å². The molecule has 12 heteroatoms. The third-order valence-electron chi connectivity index (χ3n) is 3.43. The molecule has 1 unspecified atom stereocenters. The monoisotopic (exact) mass is 512 g/mol. The fourth-order valence-corrected chi connectivity index (χ4v) is 3.13. The molecule has 6 nitrogen and oxygen atoms in total. The quantitative estimate of drug-likeness (QED) is 0.320. The van der Waals surface area contributed by atoms with Crippen LogP contribution in [0.1, 0.15) is 20.7 Å². The molecule has 2 aromatic carbocycles. The maximum Gasteiger partial charge on any atom is 0.254 e. The molecule has 1 amide bonds. The van der Waals surface area contributed by atoms with Crippen molar-refractivity contribution in [2.24, 2.45) is 0 Å². The first-order chi connectivity index (χ1) is 13.5. The molecular formula is C17H11Cl5N3O3S-. The van der Waals surface area contributed by atoms with Gasteiger partial charge >= 0.3 is 0 Å². The zero-order valence-electron chi connectivity index (χ0n) is 14.1. The Morgan fingerprint density at radius 2 is 1.62 bits per heavy atom. The van der Waals surface area contributed by atoms with Crippen molar-refractivity contribution in [1.82, 2.24) is 10.6 Å². The van der Waals surface area contributed by atoms with Crippen LogP contribution in [0, 0.1) is 0 Å². The number of thiocarbonyl (C=S) groups is 1. The Labute approximate surface area is 196 Å². The number of carboxylic acid groups (broad SMARTS) is 1. The highest BCUT2D eigenvalue weighted by atomic mass is 35.6. The molecule has 3 N–H and O–H groups in total. The van der Waals surface area contributed by atoms with Crippen molar-refractivity contribution in [2.75, 3.05) is 5.32 Å². The predicted molar refractivity (Wildman–Crippen MR) is 118 cm³/mol. The lowest BCUT2D eigenvalue weighted by molar-refractivity contribution is -0.255. The highest BCUT2D eigenvalue weighted by Crippen LogP contribution is 2.30. The maximum absolute atomic E-state index is 12.5. The molecule has 29 heavy (non-hydrogen) atoms. The number of aromatic carboxylic acids is 1. The van der Waals surface area contributed by atoms with E-state index in [2.05, 4.69) is 16.0 Å². The summed E-state index contributed by atoms with van der Waals surface area (Å²) in [5, 5.41) is 19.2. The molecule has 1 atom stereocenters. The van der Waals surface area contributed by atoms with Crippen molar-refractivity contribution >= 4 is 92.9 Å². The SMILES string of the molecule is O=C([O-])c1ccc(NC(=S)NC(NC(=O)c2ccc(Cl)cc2Cl)C(Cl)(Cl)Cl)cc1. The number of anilines is 1. The molecule has 0 saturated carbocycles. The summed E-state index contributed by atoms with van der Waals surface area (Å²) in [6.45, 7) is 0. The Bertz CT molecular complexity index is 935. The number of benzene rings is 2. The summed E-state index contributed by atoms with van der Waals surface area (Å²) in [6.07, 6.45) is -1.23. The van der Waals surface area contributed by atoms with Crippen molar-refractivity contribution in [3.8, 4) is 0 Å². The number of rotatable bonds is 5. The van der Waals surface area contributed by atoms with Crippen LogP contribution >= 0.6 is 70.2 Å². The van der Waals surface area contributed by atoms with Gasteiger partial charge in [-0.2, -0.15) is 0 Å². The van der Waals surface area contributed by atoms with Crippen LogP contribution in [0.2, 0.25) is 10.0 Å². The number of carbonyl (C=O) groups excluding carboxylic acids is 2. The van der Waals surface area contributed by atoms with Crippen LogP contribution in [0.3, 0.4) is 0 Å². The van der Waals surface area contributed by atoms with Gasteiger partial charge in [0.05, 0.1) is 16.6 Å². The van der Waals surface area contributed by atoms with Gasteiger partial charge in [-0.3, -0.25) is 4.79 Å². The van der Waals surface area contributed by atoms with E-state index in [9.17, 15) is 14.7 Å². The van der Waals surface area contributed by atoms with Gasteiger partial charge < -0.3 is 25.9 Å². The number of carbonyl (C=O) groups is 2. The maximum atomic E-state index is 12.5. The van der Waals surface area contributed by atoms with Crippen LogP contribution in [0.4, 0.5) is 5.69 Å². The standard InChI is InChI=1S/C17H12Cl5N3O3S/c18-9-3-6-11(12(19)7-9)13(26)24-15(17(20,21)22)25-16(29)23-10-4-1-8(2-5-10)14(27)28/h1-7,15H,(H,24,26)(H,27,28)(H2,23,25,29)/p-1. The topological polar surface area (TPSA) is 93.3 Å². The zero-order chi connectivity index (χ0) is 21.8. The molecule has 0 aliphatic heterocycles. The summed E-state index contributed by atoms with van der Waals surface area (Å²) in [7, 11) is 0. The number of hydrogen-bond donors (Lipinski definition) is 3. The molecular weight excluding hydrogens is 504 g/mol. The first-order valence-electron chi connectivity index (χ1n) is 7.69. The number of carboxylic acids is 1. The van der Waals surface area contributed by atoms with Crippen LogP contribution in [0.5, 0.6) is 0 Å². The van der Waals surface area contributed by atoms with E-state index in [1.165, 1.54) is 42.5 Å². The van der Waals surface area contributed by atoms with Crippen LogP contribution in [-0.4, -0.2) is 26.9 Å². The Morgan fingerprint density at radius 1 is 1.00 bits per heavy atom. The van der Waals surface area contributed by atoms with E-state index < -0.39 is 21.8 Å². The van der Waals surface area contributed by atoms with Gasteiger partial charge in [-0.25, -0.2) is 0 Å². The summed E-state index contributed by atoms with van der Waals surface area (Å²) >= 11 is 34.8. The average molecular weight is 515 g/mol. The van der Waals surface area contributed by atoms with Gasteiger partial charge in [0.2, 0.25) is 3.79 Å². The molecule has 0 bridgehead atoms. The van der Waals surface area contributed by atoms with E-state index in [1.807, 2.05) is 0 Å². The third-order valence-corrected chi connectivity index (χ3v) is 4.85. The summed E-state index contributed by atoms with van der Waals surface area (Å²) in [6, 6.07) is 9.91. The number of alkyl halides is 3. The Morgan fingerprint density at radius 3 is 2.14 bits per heavy atom. The minimum atomic E-state index is -1.97. The number of nitrogens with one attached hydrogen (secondary N) is 3. The first-order valence-corrected chi connectivity index (χ1v) is 9.98. The van der Waals surface area contributed by atoms with Crippen LogP contribution in [0.25, 0.3) is 0 Å². The smallest absolute Gasteiger partial charge is 0.254 e. The van der Waals surface area contributed by atoms with Crippen molar-refractivity contribution in [3.63, 3.8) is 0 Å². The fraction of sp³-hybridized carbons (Fsp3) is 0.118. The fourth-order valence-electron chi connectivity index (χ4n) is 2.07. The van der Waals surface area contributed by atoms with E-state index in [0.29, 0.717) is 10.7 Å². The van der Waals surface area contributed by atoms with Gasteiger partial charge in [-0.15, -0.1) is 0 Å². The van der Waals surface area contributed by atoms with E-state index in [0.717, 1.165) is 0 Å². The summed E-state index contributed by atoms with van der Waals surface area (Å²) in [4.78, 5) is 23.3. The Kier molecular flexibility index (Phi) is 8.22. The predicted octanol–water partition coefficient (Wildman–Crippen LogP) is 3.77. The van der Waals surface area contributed by atoms with Crippen LogP contribution < -0.4 is 21.1 Å². The van der Waals surface area contributed by atoms with E-state index in [4.69, 9.17) is 70.2 Å². The van der Waals surface area contributed by atoms with Gasteiger partial charge in [-0.05, 0) is 48.1 Å². The van der Waals surface area contributed by atoms with Gasteiger partial charge in [0.25, 0.3) is 5.91 Å². The zero-order valence-corrected chi connectivity index (χ0v) is 18.7. The lowest BCUT2D eigenvalue weighted by atomic mass is 10.2. The Hall–Kier alpha value is -1.48. The van der Waals surface area contributed by atoms with E-state index >= 15 is 0 Å². The van der Waals surface area contributed by atoms with Gasteiger partial charge in [0.15, 0.2) is 5.11 Å². The minimum absolute atomic E-state index is 0.000650. The molecule has 0 spiro atoms. The second-order valence-electron chi connectivity index (χ2n) is 5.54. The molecule has 0 aliphatic rings. The highest BCUT2D eigenvalue weighted by Gasteiger charge is 2.35. The molecule has 0 fully saturated rings. The number of amides is 1. The van der Waals surface area contributed by atoms with E-state index in [-0.39, 0.29) is 21.3 Å². The summed E-state index contributed by atoms with van der Waals surface area (Å²) < 4.78 is -1.97. The van der Waals surface area contributed by atoms with Crippen molar-refractivity contribution in [2.45, 2.75) is 9.96 Å².